The number of nitrogens with two attached hydrogens (primary N) is 1. The second-order valence-electron chi connectivity index (χ2n) is 9.69. The van der Waals surface area contributed by atoms with Crippen LogP contribution in [0.1, 0.15) is 60.7 Å². The summed E-state index contributed by atoms with van der Waals surface area (Å²) in [4.78, 5) is 50.9. The first-order chi connectivity index (χ1) is 17.2. The number of ether oxygens (including phenoxy) is 1. The van der Waals surface area contributed by atoms with E-state index >= 15 is 8.78 Å². The monoisotopic (exact) mass is 535 g/mol. The Hall–Kier alpha value is -3.53. The minimum atomic E-state index is -3.97. The van der Waals surface area contributed by atoms with Crippen molar-refractivity contribution in [2.45, 2.75) is 64.3 Å². The molecule has 0 spiro atoms. The maximum absolute atomic E-state index is 15.3. The Balaban J connectivity index is 1.78. The van der Waals surface area contributed by atoms with Crippen LogP contribution in [0.2, 0.25) is 5.02 Å². The van der Waals surface area contributed by atoms with Crippen LogP contribution in [-0.2, 0) is 38.1 Å². The third-order valence-electron chi connectivity index (χ3n) is 5.73. The van der Waals surface area contributed by atoms with Crippen molar-refractivity contribution < 1.29 is 32.7 Å². The Morgan fingerprint density at radius 1 is 1.14 bits per heavy atom. The van der Waals surface area contributed by atoms with Crippen molar-refractivity contribution in [2.75, 3.05) is 0 Å². The van der Waals surface area contributed by atoms with Crippen LogP contribution in [0, 0.1) is 0 Å². The number of primary amides is 1. The molecule has 1 aliphatic heterocycles. The van der Waals surface area contributed by atoms with Crippen LogP contribution in [0.3, 0.4) is 0 Å². The molecule has 0 aliphatic carbocycles. The summed E-state index contributed by atoms with van der Waals surface area (Å²) in [6.45, 7) is 4.53. The van der Waals surface area contributed by atoms with Gasteiger partial charge < -0.3 is 20.7 Å². The predicted molar refractivity (Wildman–Crippen MR) is 132 cm³/mol. The molecule has 0 fully saturated rings. The lowest BCUT2D eigenvalue weighted by Crippen LogP contribution is -2.45. The van der Waals surface area contributed by atoms with Gasteiger partial charge in [0.05, 0.1) is 0 Å². The standard InChI is InChI=1S/C26H28ClF2N3O5/c1-25(2,3)37-21(33)12-11-20(22(30)34)32-14-18-17(23(32)35)5-4-6-19(18)26(28,29)24(36)31-13-15-7-9-16(27)10-8-15/h4-10,20H,11-14H2,1-3H3,(H2,30,34)(H,31,36)/t20-/m1/s1. The molecule has 2 aromatic carbocycles. The number of carbonyl (C=O) groups excluding carboxylic acids is 4. The van der Waals surface area contributed by atoms with Crippen LogP contribution in [-0.4, -0.2) is 40.2 Å². The minimum Gasteiger partial charge on any atom is -0.460 e. The van der Waals surface area contributed by atoms with Crippen molar-refractivity contribution >= 4 is 35.3 Å². The van der Waals surface area contributed by atoms with Gasteiger partial charge in [-0.25, -0.2) is 0 Å². The summed E-state index contributed by atoms with van der Waals surface area (Å²) >= 11 is 5.82. The lowest BCUT2D eigenvalue weighted by Gasteiger charge is -2.26. The fraction of sp³-hybridized carbons (Fsp3) is 0.385. The van der Waals surface area contributed by atoms with E-state index in [4.69, 9.17) is 22.1 Å². The van der Waals surface area contributed by atoms with Gasteiger partial charge in [-0.2, -0.15) is 8.78 Å². The number of hydrogen-bond acceptors (Lipinski definition) is 5. The Morgan fingerprint density at radius 2 is 1.78 bits per heavy atom. The first-order valence-corrected chi connectivity index (χ1v) is 11.9. The van der Waals surface area contributed by atoms with Crippen molar-refractivity contribution in [1.82, 2.24) is 10.2 Å². The molecule has 3 amide bonds. The molecule has 198 valence electrons. The number of nitrogens with zero attached hydrogens (tertiary/aromatic N) is 1. The predicted octanol–water partition coefficient (Wildman–Crippen LogP) is 3.68. The highest BCUT2D eigenvalue weighted by Gasteiger charge is 2.46. The van der Waals surface area contributed by atoms with Crippen LogP contribution in [0.4, 0.5) is 8.78 Å². The van der Waals surface area contributed by atoms with E-state index in [9.17, 15) is 19.2 Å². The average molecular weight is 536 g/mol. The van der Waals surface area contributed by atoms with Gasteiger partial charge in [-0.3, -0.25) is 19.2 Å². The normalized spacial score (nSPS) is 14.2. The smallest absolute Gasteiger partial charge is 0.350 e. The maximum Gasteiger partial charge on any atom is 0.350 e. The van der Waals surface area contributed by atoms with Crippen LogP contribution in [0.5, 0.6) is 0 Å². The van der Waals surface area contributed by atoms with Crippen molar-refractivity contribution in [2.24, 2.45) is 5.73 Å². The van der Waals surface area contributed by atoms with Gasteiger partial charge in [0.1, 0.15) is 11.6 Å². The molecule has 0 saturated heterocycles. The van der Waals surface area contributed by atoms with Crippen molar-refractivity contribution in [3.8, 4) is 0 Å². The number of nitrogens with one attached hydrogen (secondary N) is 1. The lowest BCUT2D eigenvalue weighted by atomic mass is 9.97. The molecule has 2 aromatic rings. The summed E-state index contributed by atoms with van der Waals surface area (Å²) in [5.41, 5.74) is 4.53. The van der Waals surface area contributed by atoms with E-state index in [2.05, 4.69) is 5.32 Å². The number of hydrogen-bond donors (Lipinski definition) is 2. The van der Waals surface area contributed by atoms with E-state index in [0.29, 0.717) is 10.6 Å². The quantitative estimate of drug-likeness (QED) is 0.475. The summed E-state index contributed by atoms with van der Waals surface area (Å²) in [5, 5.41) is 2.67. The van der Waals surface area contributed by atoms with Gasteiger partial charge in [-0.15, -0.1) is 0 Å². The molecule has 1 aliphatic rings. The highest BCUT2D eigenvalue weighted by atomic mass is 35.5. The Bertz CT molecular complexity index is 1210. The molecule has 8 nitrogen and oxygen atoms in total. The van der Waals surface area contributed by atoms with Gasteiger partial charge in [0.2, 0.25) is 5.91 Å². The fourth-order valence-corrected chi connectivity index (χ4v) is 4.14. The Labute approximate surface area is 218 Å². The molecule has 0 saturated carbocycles. The van der Waals surface area contributed by atoms with E-state index in [0.717, 1.165) is 11.0 Å². The first kappa shape index (κ1) is 28.0. The number of amides is 3. The zero-order valence-electron chi connectivity index (χ0n) is 20.6. The van der Waals surface area contributed by atoms with E-state index < -0.39 is 46.8 Å². The fourth-order valence-electron chi connectivity index (χ4n) is 4.02. The van der Waals surface area contributed by atoms with E-state index in [1.54, 1.807) is 45.0 Å². The lowest BCUT2D eigenvalue weighted by molar-refractivity contribution is -0.155. The third-order valence-corrected chi connectivity index (χ3v) is 5.98. The Morgan fingerprint density at radius 3 is 2.38 bits per heavy atom. The van der Waals surface area contributed by atoms with Gasteiger partial charge >= 0.3 is 11.9 Å². The number of rotatable bonds is 9. The zero-order chi connectivity index (χ0) is 27.5. The van der Waals surface area contributed by atoms with Crippen molar-refractivity contribution in [3.63, 3.8) is 0 Å². The summed E-state index contributed by atoms with van der Waals surface area (Å²) in [7, 11) is 0. The minimum absolute atomic E-state index is 0.0637. The molecule has 0 radical (unpaired) electrons. The number of fused-ring (bicyclic) bond motifs is 1. The third kappa shape index (κ3) is 6.62. The Kier molecular flexibility index (Phi) is 8.22. The molecule has 11 heteroatoms. The van der Waals surface area contributed by atoms with Crippen LogP contribution in [0.25, 0.3) is 0 Å². The van der Waals surface area contributed by atoms with Crippen LogP contribution in [0.15, 0.2) is 42.5 Å². The molecule has 37 heavy (non-hydrogen) atoms. The number of esters is 1. The molecular formula is C26H28ClF2N3O5. The van der Waals surface area contributed by atoms with E-state index in [1.807, 2.05) is 0 Å². The van der Waals surface area contributed by atoms with E-state index in [-0.39, 0.29) is 37.1 Å². The van der Waals surface area contributed by atoms with Crippen molar-refractivity contribution in [1.29, 1.82) is 0 Å². The topological polar surface area (TPSA) is 119 Å². The molecular weight excluding hydrogens is 508 g/mol. The van der Waals surface area contributed by atoms with Gasteiger partial charge in [0.25, 0.3) is 11.8 Å². The van der Waals surface area contributed by atoms with E-state index in [1.165, 1.54) is 12.1 Å². The maximum atomic E-state index is 15.3. The van der Waals surface area contributed by atoms with Gasteiger partial charge in [0, 0.05) is 35.7 Å². The first-order valence-electron chi connectivity index (χ1n) is 11.6. The second kappa shape index (κ2) is 10.8. The summed E-state index contributed by atoms with van der Waals surface area (Å²) < 4.78 is 35.8. The SMILES string of the molecule is CC(C)(C)OC(=O)CC[C@H](C(N)=O)N1Cc2c(cccc2C(F)(F)C(=O)NCc2ccc(Cl)cc2)C1=O. The zero-order valence-corrected chi connectivity index (χ0v) is 21.4. The number of halogens is 3. The van der Waals surface area contributed by atoms with Gasteiger partial charge in [-0.05, 0) is 56.5 Å². The molecule has 3 N–H and O–H groups in total. The highest BCUT2D eigenvalue weighted by Crippen LogP contribution is 2.37. The largest absolute Gasteiger partial charge is 0.460 e. The molecule has 3 rings (SSSR count). The molecule has 1 heterocycles. The number of benzene rings is 2. The summed E-state index contributed by atoms with van der Waals surface area (Å²) in [6, 6.07) is 8.76. The molecule has 0 aromatic heterocycles. The highest BCUT2D eigenvalue weighted by molar-refractivity contribution is 6.30. The van der Waals surface area contributed by atoms with Crippen molar-refractivity contribution in [3.05, 3.63) is 69.7 Å². The average Bonchev–Trinajstić information content (AvgIpc) is 3.13. The number of carbonyl (C=O) groups is 4. The molecule has 0 bridgehead atoms. The van der Waals surface area contributed by atoms with Gasteiger partial charge in [0.15, 0.2) is 0 Å². The summed E-state index contributed by atoms with van der Waals surface area (Å²) in [6.07, 6.45) is -0.349. The van der Waals surface area contributed by atoms with Crippen LogP contribution >= 0.6 is 11.6 Å². The number of alkyl halides is 2. The summed E-state index contributed by atoms with van der Waals surface area (Å²) in [5.74, 6) is -7.68. The molecule has 1 atom stereocenters. The molecule has 0 unspecified atom stereocenters. The van der Waals surface area contributed by atoms with Crippen LogP contribution < -0.4 is 11.1 Å². The van der Waals surface area contributed by atoms with Gasteiger partial charge in [-0.1, -0.05) is 35.9 Å². The second-order valence-corrected chi connectivity index (χ2v) is 10.1.